The molecule has 0 radical (unpaired) electrons. The molecule has 0 heterocycles. The SMILES string of the molecule is COc1ccc(C(=O)Oc2ccc3cc(Br)ccc3c2)cc1. The molecule has 3 nitrogen and oxygen atoms in total. The van der Waals surface area contributed by atoms with Crippen LogP contribution in [0.3, 0.4) is 0 Å². The van der Waals surface area contributed by atoms with Crippen molar-refractivity contribution in [2.45, 2.75) is 0 Å². The fourth-order valence-electron chi connectivity index (χ4n) is 2.15. The van der Waals surface area contributed by atoms with Crippen molar-refractivity contribution in [2.24, 2.45) is 0 Å². The number of methoxy groups -OCH3 is 1. The van der Waals surface area contributed by atoms with Crippen LogP contribution >= 0.6 is 15.9 Å². The number of hydrogen-bond acceptors (Lipinski definition) is 3. The van der Waals surface area contributed by atoms with Crippen molar-refractivity contribution in [3.63, 3.8) is 0 Å². The number of ether oxygens (including phenoxy) is 2. The molecule has 0 unspecified atom stereocenters. The van der Waals surface area contributed by atoms with Crippen LogP contribution in [-0.4, -0.2) is 13.1 Å². The normalized spacial score (nSPS) is 10.5. The number of halogens is 1. The topological polar surface area (TPSA) is 35.5 Å². The monoisotopic (exact) mass is 356 g/mol. The van der Waals surface area contributed by atoms with E-state index < -0.39 is 0 Å². The van der Waals surface area contributed by atoms with E-state index in [4.69, 9.17) is 9.47 Å². The Bertz CT molecular complexity index is 825. The van der Waals surface area contributed by atoms with Gasteiger partial charge in [0, 0.05) is 4.47 Å². The summed E-state index contributed by atoms with van der Waals surface area (Å²) < 4.78 is 11.5. The second-order valence-electron chi connectivity index (χ2n) is 4.77. The molecule has 110 valence electrons. The third-order valence-corrected chi connectivity index (χ3v) is 3.80. The molecular formula is C18H13BrO3. The van der Waals surface area contributed by atoms with E-state index in [0.717, 1.165) is 15.2 Å². The number of esters is 1. The summed E-state index contributed by atoms with van der Waals surface area (Å²) in [6.45, 7) is 0. The Labute approximate surface area is 136 Å². The molecule has 0 aliphatic carbocycles. The fraction of sp³-hybridized carbons (Fsp3) is 0.0556. The van der Waals surface area contributed by atoms with E-state index in [-0.39, 0.29) is 5.97 Å². The summed E-state index contributed by atoms with van der Waals surface area (Å²) in [4.78, 5) is 12.1. The molecule has 0 spiro atoms. The van der Waals surface area contributed by atoms with Gasteiger partial charge >= 0.3 is 5.97 Å². The zero-order valence-corrected chi connectivity index (χ0v) is 13.5. The molecule has 3 aromatic rings. The molecule has 0 aromatic heterocycles. The highest BCUT2D eigenvalue weighted by Crippen LogP contribution is 2.24. The molecule has 0 amide bonds. The van der Waals surface area contributed by atoms with E-state index >= 15 is 0 Å². The predicted molar refractivity (Wildman–Crippen MR) is 89.6 cm³/mol. The first-order valence-electron chi connectivity index (χ1n) is 6.71. The van der Waals surface area contributed by atoms with Gasteiger partial charge in [-0.25, -0.2) is 4.79 Å². The van der Waals surface area contributed by atoms with E-state index in [2.05, 4.69) is 15.9 Å². The van der Waals surface area contributed by atoms with Crippen LogP contribution < -0.4 is 9.47 Å². The quantitative estimate of drug-likeness (QED) is 0.498. The molecule has 0 aliphatic heterocycles. The second-order valence-corrected chi connectivity index (χ2v) is 5.69. The largest absolute Gasteiger partial charge is 0.497 e. The zero-order chi connectivity index (χ0) is 15.5. The van der Waals surface area contributed by atoms with Crippen molar-refractivity contribution >= 4 is 32.7 Å². The van der Waals surface area contributed by atoms with Gasteiger partial charge in [0.25, 0.3) is 0 Å². The molecule has 0 N–H and O–H groups in total. The van der Waals surface area contributed by atoms with Crippen molar-refractivity contribution in [3.05, 3.63) is 70.7 Å². The predicted octanol–water partition coefficient (Wildman–Crippen LogP) is 4.83. The van der Waals surface area contributed by atoms with E-state index in [1.54, 1.807) is 37.4 Å². The molecule has 0 fully saturated rings. The number of hydrogen-bond donors (Lipinski definition) is 0. The number of rotatable bonds is 3. The maximum absolute atomic E-state index is 12.1. The average Bonchev–Trinajstić information content (AvgIpc) is 2.55. The summed E-state index contributed by atoms with van der Waals surface area (Å²) in [5, 5.41) is 2.10. The highest BCUT2D eigenvalue weighted by molar-refractivity contribution is 9.10. The Balaban J connectivity index is 1.82. The average molecular weight is 357 g/mol. The van der Waals surface area contributed by atoms with Crippen LogP contribution in [0, 0.1) is 0 Å². The van der Waals surface area contributed by atoms with Crippen LogP contribution in [0.5, 0.6) is 11.5 Å². The number of fused-ring (bicyclic) bond motifs is 1. The van der Waals surface area contributed by atoms with Gasteiger partial charge in [-0.15, -0.1) is 0 Å². The molecule has 3 aromatic carbocycles. The van der Waals surface area contributed by atoms with Crippen LogP contribution in [-0.2, 0) is 0 Å². The van der Waals surface area contributed by atoms with Crippen molar-refractivity contribution in [2.75, 3.05) is 7.11 Å². The maximum Gasteiger partial charge on any atom is 0.343 e. The van der Waals surface area contributed by atoms with Gasteiger partial charge in [0.15, 0.2) is 0 Å². The van der Waals surface area contributed by atoms with Gasteiger partial charge in [0.05, 0.1) is 12.7 Å². The summed E-state index contributed by atoms with van der Waals surface area (Å²) in [7, 11) is 1.58. The van der Waals surface area contributed by atoms with Gasteiger partial charge in [-0.1, -0.05) is 28.1 Å². The standard InChI is InChI=1S/C18H13BrO3/c1-21-16-7-3-12(4-8-16)18(20)22-17-9-5-13-10-15(19)6-2-14(13)11-17/h2-11H,1H3. The Morgan fingerprint density at radius 2 is 1.50 bits per heavy atom. The Kier molecular flexibility index (Phi) is 4.11. The maximum atomic E-state index is 12.1. The minimum Gasteiger partial charge on any atom is -0.497 e. The molecule has 22 heavy (non-hydrogen) atoms. The smallest absolute Gasteiger partial charge is 0.343 e. The van der Waals surface area contributed by atoms with Gasteiger partial charge in [0.2, 0.25) is 0 Å². The highest BCUT2D eigenvalue weighted by atomic mass is 79.9. The lowest BCUT2D eigenvalue weighted by atomic mass is 10.1. The Morgan fingerprint density at radius 1 is 0.864 bits per heavy atom. The van der Waals surface area contributed by atoms with E-state index in [9.17, 15) is 4.79 Å². The van der Waals surface area contributed by atoms with Crippen LogP contribution in [0.2, 0.25) is 0 Å². The fourth-order valence-corrected chi connectivity index (χ4v) is 2.53. The summed E-state index contributed by atoms with van der Waals surface area (Å²) in [6.07, 6.45) is 0. The Morgan fingerprint density at radius 3 is 2.23 bits per heavy atom. The van der Waals surface area contributed by atoms with Crippen LogP contribution in [0.1, 0.15) is 10.4 Å². The third kappa shape index (κ3) is 3.12. The van der Waals surface area contributed by atoms with E-state index in [1.165, 1.54) is 0 Å². The number of benzene rings is 3. The molecule has 4 heteroatoms. The van der Waals surface area contributed by atoms with Crippen molar-refractivity contribution in [1.29, 1.82) is 0 Å². The summed E-state index contributed by atoms with van der Waals surface area (Å²) in [5.41, 5.74) is 0.483. The van der Waals surface area contributed by atoms with Gasteiger partial charge in [-0.05, 0) is 59.3 Å². The third-order valence-electron chi connectivity index (χ3n) is 3.31. The lowest BCUT2D eigenvalue weighted by Gasteiger charge is -2.07. The van der Waals surface area contributed by atoms with Gasteiger partial charge in [-0.3, -0.25) is 0 Å². The van der Waals surface area contributed by atoms with Gasteiger partial charge in [-0.2, -0.15) is 0 Å². The first-order valence-corrected chi connectivity index (χ1v) is 7.50. The molecule has 0 saturated heterocycles. The first kappa shape index (κ1) is 14.6. The van der Waals surface area contributed by atoms with E-state index in [1.807, 2.05) is 30.3 Å². The molecule has 3 rings (SSSR count). The van der Waals surface area contributed by atoms with Crippen molar-refractivity contribution < 1.29 is 14.3 Å². The van der Waals surface area contributed by atoms with Crippen LogP contribution in [0.25, 0.3) is 10.8 Å². The number of carbonyl (C=O) groups is 1. The molecule has 0 bridgehead atoms. The van der Waals surface area contributed by atoms with Gasteiger partial charge in [0.1, 0.15) is 11.5 Å². The molecule has 0 saturated carbocycles. The molecule has 0 aliphatic rings. The van der Waals surface area contributed by atoms with E-state index in [0.29, 0.717) is 17.1 Å². The summed E-state index contributed by atoms with van der Waals surface area (Å²) in [6, 6.07) is 18.3. The summed E-state index contributed by atoms with van der Waals surface area (Å²) in [5.74, 6) is 0.836. The van der Waals surface area contributed by atoms with Crippen LogP contribution in [0.4, 0.5) is 0 Å². The lowest BCUT2D eigenvalue weighted by molar-refractivity contribution is 0.0735. The second kappa shape index (κ2) is 6.20. The molecular weight excluding hydrogens is 344 g/mol. The lowest BCUT2D eigenvalue weighted by Crippen LogP contribution is -2.08. The first-order chi connectivity index (χ1) is 10.7. The zero-order valence-electron chi connectivity index (χ0n) is 11.9. The minimum absolute atomic E-state index is 0.390. The summed E-state index contributed by atoms with van der Waals surface area (Å²) >= 11 is 3.44. The van der Waals surface area contributed by atoms with Crippen LogP contribution in [0.15, 0.2) is 65.1 Å². The van der Waals surface area contributed by atoms with Gasteiger partial charge < -0.3 is 9.47 Å². The highest BCUT2D eigenvalue weighted by Gasteiger charge is 2.09. The van der Waals surface area contributed by atoms with Crippen molar-refractivity contribution in [1.82, 2.24) is 0 Å². The van der Waals surface area contributed by atoms with Crippen molar-refractivity contribution in [3.8, 4) is 11.5 Å². The molecule has 0 atom stereocenters. The minimum atomic E-state index is -0.390. The number of carbonyl (C=O) groups excluding carboxylic acids is 1. The Hall–Kier alpha value is -2.33.